The van der Waals surface area contributed by atoms with Gasteiger partial charge in [-0.1, -0.05) is 24.0 Å². The van der Waals surface area contributed by atoms with Crippen LogP contribution in [0.3, 0.4) is 0 Å². The smallest absolute Gasteiger partial charge is 0.142 e. The zero-order chi connectivity index (χ0) is 9.52. The highest BCUT2D eigenvalue weighted by atomic mass is 32.2. The minimum absolute atomic E-state index is 0.165. The summed E-state index contributed by atoms with van der Waals surface area (Å²) < 4.78 is 0.643. The van der Waals surface area contributed by atoms with Crippen molar-refractivity contribution in [2.45, 2.75) is 44.7 Å². The maximum Gasteiger partial charge on any atom is 0.142 e. The van der Waals surface area contributed by atoms with Gasteiger partial charge >= 0.3 is 0 Å². The second kappa shape index (κ2) is 3.16. The Bertz CT molecular complexity index is 203. The molecule has 0 bridgehead atoms. The van der Waals surface area contributed by atoms with Gasteiger partial charge in [0.15, 0.2) is 0 Å². The van der Waals surface area contributed by atoms with Crippen LogP contribution >= 0.6 is 24.0 Å². The van der Waals surface area contributed by atoms with Crippen molar-refractivity contribution in [2.75, 3.05) is 0 Å². The average molecular weight is 205 g/mol. The van der Waals surface area contributed by atoms with Crippen LogP contribution in [0.5, 0.6) is 0 Å². The zero-order valence-corrected chi connectivity index (χ0v) is 9.50. The van der Waals surface area contributed by atoms with Crippen molar-refractivity contribution in [3.8, 4) is 0 Å². The second-order valence-electron chi connectivity index (χ2n) is 3.85. The summed E-state index contributed by atoms with van der Waals surface area (Å²) in [5.74, 6) is 0. The summed E-state index contributed by atoms with van der Waals surface area (Å²) in [6, 6.07) is 0.279. The summed E-state index contributed by atoms with van der Waals surface area (Å²) >= 11 is 6.75. The predicted octanol–water partition coefficient (Wildman–Crippen LogP) is 1.83. The van der Waals surface area contributed by atoms with Gasteiger partial charge in [-0.2, -0.15) is 0 Å². The van der Waals surface area contributed by atoms with E-state index >= 15 is 0 Å². The van der Waals surface area contributed by atoms with Crippen molar-refractivity contribution in [3.05, 3.63) is 0 Å². The van der Waals surface area contributed by atoms with Gasteiger partial charge in [0, 0.05) is 6.04 Å². The molecule has 0 aromatic rings. The lowest BCUT2D eigenvalue weighted by Gasteiger charge is -2.30. The number of hydrogen-bond donors (Lipinski definition) is 1. The van der Waals surface area contributed by atoms with Crippen LogP contribution in [-0.2, 0) is 0 Å². The summed E-state index contributed by atoms with van der Waals surface area (Å²) in [5.41, 5.74) is 0. The molecule has 70 valence electrons. The van der Waals surface area contributed by atoms with Gasteiger partial charge in [0.25, 0.3) is 0 Å². The fourth-order valence-corrected chi connectivity index (χ4v) is 3.30. The molecule has 0 radical (unpaired) electrons. The molecule has 1 aliphatic rings. The van der Waals surface area contributed by atoms with E-state index in [2.05, 4.69) is 0 Å². The Morgan fingerprint density at radius 2 is 2.08 bits per heavy atom. The molecule has 0 amide bonds. The third-order valence-electron chi connectivity index (χ3n) is 2.00. The number of hydrogen-bond acceptors (Lipinski definition) is 3. The lowest BCUT2D eigenvalue weighted by atomic mass is 10.1. The number of rotatable bonds is 1. The third-order valence-corrected chi connectivity index (χ3v) is 3.59. The predicted molar refractivity (Wildman–Crippen MR) is 57.2 cm³/mol. The SMILES string of the molecule is CC(C)N1C(=S)SC(C)(C)C1O. The Kier molecular flexibility index (Phi) is 2.71. The van der Waals surface area contributed by atoms with E-state index in [4.69, 9.17) is 12.2 Å². The molecule has 1 aliphatic heterocycles. The van der Waals surface area contributed by atoms with E-state index in [1.807, 2.05) is 32.6 Å². The fourth-order valence-electron chi connectivity index (χ4n) is 1.26. The molecule has 1 N–H and O–H groups in total. The first kappa shape index (κ1) is 10.3. The molecule has 12 heavy (non-hydrogen) atoms. The Hall–Kier alpha value is 0.200. The molecular formula is C8H15NOS2. The molecule has 1 saturated heterocycles. The Balaban J connectivity index is 2.85. The van der Waals surface area contributed by atoms with E-state index in [1.54, 1.807) is 11.8 Å². The average Bonchev–Trinajstić information content (AvgIpc) is 2.02. The van der Waals surface area contributed by atoms with E-state index in [-0.39, 0.29) is 10.8 Å². The van der Waals surface area contributed by atoms with Crippen molar-refractivity contribution in [1.29, 1.82) is 0 Å². The highest BCUT2D eigenvalue weighted by Gasteiger charge is 2.44. The molecule has 2 nitrogen and oxygen atoms in total. The Labute approximate surface area is 83.3 Å². The summed E-state index contributed by atoms with van der Waals surface area (Å²) in [6.07, 6.45) is -0.449. The normalized spacial score (nSPS) is 28.7. The molecule has 0 saturated carbocycles. The second-order valence-corrected chi connectivity index (χ2v) is 6.13. The van der Waals surface area contributed by atoms with E-state index < -0.39 is 6.23 Å². The number of aliphatic hydroxyl groups excluding tert-OH is 1. The molecule has 1 rings (SSSR count). The van der Waals surface area contributed by atoms with Crippen LogP contribution in [0, 0.1) is 0 Å². The van der Waals surface area contributed by atoms with E-state index in [9.17, 15) is 5.11 Å². The molecule has 1 unspecified atom stereocenters. The standard InChI is InChI=1S/C8H15NOS2/c1-5(2)9-6(10)8(3,4)12-7(9)11/h5-6,10H,1-4H3. The summed E-state index contributed by atoms with van der Waals surface area (Å²) in [6.45, 7) is 8.10. The number of nitrogens with zero attached hydrogens (tertiary/aromatic N) is 1. The van der Waals surface area contributed by atoms with Crippen LogP contribution in [0.2, 0.25) is 0 Å². The van der Waals surface area contributed by atoms with Crippen molar-refractivity contribution in [3.63, 3.8) is 0 Å². The number of thiocarbonyl (C=S) groups is 1. The maximum atomic E-state index is 9.88. The van der Waals surface area contributed by atoms with Crippen LogP contribution in [0.4, 0.5) is 0 Å². The van der Waals surface area contributed by atoms with Gasteiger partial charge in [-0.3, -0.25) is 0 Å². The minimum atomic E-state index is -0.449. The zero-order valence-electron chi connectivity index (χ0n) is 7.87. The number of aliphatic hydroxyl groups is 1. The van der Waals surface area contributed by atoms with Crippen molar-refractivity contribution in [1.82, 2.24) is 4.90 Å². The quantitative estimate of drug-likeness (QED) is 0.660. The summed E-state index contributed by atoms with van der Waals surface area (Å²) in [7, 11) is 0. The molecule has 0 aromatic carbocycles. The van der Waals surface area contributed by atoms with E-state index in [0.29, 0.717) is 0 Å². The third kappa shape index (κ3) is 1.60. The van der Waals surface area contributed by atoms with Crippen LogP contribution in [0.1, 0.15) is 27.7 Å². The van der Waals surface area contributed by atoms with Gasteiger partial charge in [0.2, 0.25) is 0 Å². The molecule has 0 aliphatic carbocycles. The van der Waals surface area contributed by atoms with Crippen LogP contribution in [0.25, 0.3) is 0 Å². The van der Waals surface area contributed by atoms with E-state index in [1.165, 1.54) is 0 Å². The minimum Gasteiger partial charge on any atom is -0.372 e. The Morgan fingerprint density at radius 3 is 2.25 bits per heavy atom. The van der Waals surface area contributed by atoms with Gasteiger partial charge in [-0.25, -0.2) is 0 Å². The molecule has 1 atom stereocenters. The summed E-state index contributed by atoms with van der Waals surface area (Å²) in [5, 5.41) is 9.88. The fraction of sp³-hybridized carbons (Fsp3) is 0.875. The van der Waals surface area contributed by atoms with Crippen molar-refractivity contribution >= 4 is 28.3 Å². The molecular weight excluding hydrogens is 190 g/mol. The van der Waals surface area contributed by atoms with Gasteiger partial charge < -0.3 is 10.0 Å². The van der Waals surface area contributed by atoms with Crippen molar-refractivity contribution < 1.29 is 5.11 Å². The topological polar surface area (TPSA) is 23.5 Å². The molecule has 1 heterocycles. The largest absolute Gasteiger partial charge is 0.372 e. The van der Waals surface area contributed by atoms with Crippen LogP contribution in [0.15, 0.2) is 0 Å². The van der Waals surface area contributed by atoms with E-state index in [0.717, 1.165) is 4.32 Å². The van der Waals surface area contributed by atoms with Crippen molar-refractivity contribution in [2.24, 2.45) is 0 Å². The Morgan fingerprint density at radius 1 is 1.58 bits per heavy atom. The lowest BCUT2D eigenvalue weighted by molar-refractivity contribution is 0.0232. The van der Waals surface area contributed by atoms with Gasteiger partial charge in [0.1, 0.15) is 10.5 Å². The maximum absolute atomic E-state index is 9.88. The molecule has 0 aromatic heterocycles. The molecule has 0 spiro atoms. The lowest BCUT2D eigenvalue weighted by Crippen LogP contribution is -2.44. The highest BCUT2D eigenvalue weighted by molar-refractivity contribution is 8.24. The highest BCUT2D eigenvalue weighted by Crippen LogP contribution is 2.40. The molecule has 4 heteroatoms. The summed E-state index contributed by atoms with van der Waals surface area (Å²) in [4.78, 5) is 1.89. The van der Waals surface area contributed by atoms with Crippen LogP contribution < -0.4 is 0 Å². The van der Waals surface area contributed by atoms with Gasteiger partial charge in [-0.15, -0.1) is 0 Å². The van der Waals surface area contributed by atoms with Gasteiger partial charge in [-0.05, 0) is 27.7 Å². The van der Waals surface area contributed by atoms with Crippen LogP contribution in [-0.4, -0.2) is 31.3 Å². The first-order valence-electron chi connectivity index (χ1n) is 4.05. The van der Waals surface area contributed by atoms with Gasteiger partial charge in [0.05, 0.1) is 4.75 Å². The monoisotopic (exact) mass is 205 g/mol. The molecule has 1 fully saturated rings. The number of thioether (sulfide) groups is 1. The first-order chi connectivity index (χ1) is 5.36. The first-order valence-corrected chi connectivity index (χ1v) is 5.28.